The highest BCUT2D eigenvalue weighted by molar-refractivity contribution is 5.79. The molecule has 0 N–H and O–H groups in total. The van der Waals surface area contributed by atoms with Gasteiger partial charge in [0.1, 0.15) is 18.2 Å². The Morgan fingerprint density at radius 1 is 1.33 bits per heavy atom. The molecule has 0 saturated carbocycles. The highest BCUT2D eigenvalue weighted by Gasteiger charge is 1.96. The van der Waals surface area contributed by atoms with Crippen LogP contribution in [0.1, 0.15) is 39.5 Å². The molecule has 0 radical (unpaired) electrons. The third-order valence-electron chi connectivity index (χ3n) is 2.27. The summed E-state index contributed by atoms with van der Waals surface area (Å²) in [4.78, 5) is 19.7. The van der Waals surface area contributed by atoms with E-state index >= 15 is 0 Å². The molecule has 0 atom stereocenters. The zero-order valence-electron chi connectivity index (χ0n) is 11.4. The lowest BCUT2D eigenvalue weighted by atomic mass is 10.2. The number of carboxylic acids is 1. The summed E-state index contributed by atoms with van der Waals surface area (Å²) < 4.78 is 4.28. The highest BCUT2D eigenvalue weighted by Crippen LogP contribution is 1.86. The average molecular weight is 254 g/mol. The molecule has 0 bridgehead atoms. The molecule has 1 heterocycles. The summed E-state index contributed by atoms with van der Waals surface area (Å²) in [5, 5.41) is 9.64. The van der Waals surface area contributed by atoms with Crippen LogP contribution in [0.2, 0.25) is 0 Å². The van der Waals surface area contributed by atoms with E-state index in [4.69, 9.17) is 0 Å². The van der Waals surface area contributed by atoms with Crippen LogP contribution < -0.4 is 9.67 Å². The number of carbonyl (C=O) groups is 2. The number of aryl methyl sites for hydroxylation is 2. The summed E-state index contributed by atoms with van der Waals surface area (Å²) in [7, 11) is 2.04. The fourth-order valence-corrected chi connectivity index (χ4v) is 1.25. The van der Waals surface area contributed by atoms with Gasteiger partial charge in [-0.05, 0) is 19.8 Å². The molecule has 102 valence electrons. The first-order chi connectivity index (χ1) is 8.45. The summed E-state index contributed by atoms with van der Waals surface area (Å²) in [6, 6.07) is 0. The topological polar surface area (TPSA) is 66.0 Å². The SMILES string of the molecule is CC(=O)CCC(=O)[O-].CCCC[n+]1ccn(C)c1. The first-order valence-corrected chi connectivity index (χ1v) is 6.16. The fourth-order valence-electron chi connectivity index (χ4n) is 1.25. The molecule has 0 amide bonds. The van der Waals surface area contributed by atoms with Crippen LogP contribution in [0.5, 0.6) is 0 Å². The number of nitrogens with zero attached hydrogens (tertiary/aromatic N) is 2. The molecular weight excluding hydrogens is 232 g/mol. The Labute approximate surface area is 108 Å². The van der Waals surface area contributed by atoms with Crippen LogP contribution in [0.4, 0.5) is 0 Å². The maximum Gasteiger partial charge on any atom is 0.243 e. The van der Waals surface area contributed by atoms with Gasteiger partial charge in [-0.2, -0.15) is 0 Å². The van der Waals surface area contributed by atoms with Crippen molar-refractivity contribution in [2.24, 2.45) is 7.05 Å². The van der Waals surface area contributed by atoms with Crippen molar-refractivity contribution in [3.05, 3.63) is 18.7 Å². The van der Waals surface area contributed by atoms with Crippen LogP contribution in [-0.4, -0.2) is 16.3 Å². The van der Waals surface area contributed by atoms with Gasteiger partial charge in [-0.25, -0.2) is 9.13 Å². The molecule has 0 aliphatic carbocycles. The van der Waals surface area contributed by atoms with Crippen LogP contribution >= 0.6 is 0 Å². The molecule has 5 heteroatoms. The number of imidazole rings is 1. The van der Waals surface area contributed by atoms with E-state index in [1.807, 2.05) is 7.05 Å². The Hall–Kier alpha value is -1.65. The number of ketones is 1. The Balaban J connectivity index is 0.000000331. The van der Waals surface area contributed by atoms with Crippen molar-refractivity contribution in [2.75, 3.05) is 0 Å². The average Bonchev–Trinajstić information content (AvgIpc) is 2.70. The van der Waals surface area contributed by atoms with Gasteiger partial charge < -0.3 is 14.7 Å². The molecule has 1 aromatic heterocycles. The zero-order chi connectivity index (χ0) is 14.0. The molecule has 0 saturated heterocycles. The predicted molar refractivity (Wildman–Crippen MR) is 65.4 cm³/mol. The Morgan fingerprint density at radius 3 is 2.33 bits per heavy atom. The van der Waals surface area contributed by atoms with E-state index in [0.29, 0.717) is 0 Å². The smallest absolute Gasteiger partial charge is 0.243 e. The molecule has 0 spiro atoms. The maximum absolute atomic E-state index is 10.1. The van der Waals surface area contributed by atoms with Crippen molar-refractivity contribution in [3.8, 4) is 0 Å². The summed E-state index contributed by atoms with van der Waals surface area (Å²) >= 11 is 0. The van der Waals surface area contributed by atoms with Gasteiger partial charge in [0.15, 0.2) is 0 Å². The molecule has 0 fully saturated rings. The largest absolute Gasteiger partial charge is 0.550 e. The van der Waals surface area contributed by atoms with Crippen LogP contribution in [0.3, 0.4) is 0 Å². The van der Waals surface area contributed by atoms with E-state index in [1.165, 1.54) is 19.8 Å². The molecule has 1 rings (SSSR count). The number of carboxylic acid groups (broad SMARTS) is 1. The van der Waals surface area contributed by atoms with Crippen molar-refractivity contribution >= 4 is 11.8 Å². The Kier molecular flexibility index (Phi) is 8.53. The number of unbranched alkanes of at least 4 members (excludes halogenated alkanes) is 1. The van der Waals surface area contributed by atoms with E-state index < -0.39 is 5.97 Å². The number of hydrogen-bond acceptors (Lipinski definition) is 3. The Morgan fingerprint density at radius 2 is 2.00 bits per heavy atom. The van der Waals surface area contributed by atoms with Gasteiger partial charge in [-0.15, -0.1) is 0 Å². The minimum atomic E-state index is -1.17. The lowest BCUT2D eigenvalue weighted by molar-refractivity contribution is -0.696. The molecule has 0 aromatic carbocycles. The lowest BCUT2D eigenvalue weighted by Crippen LogP contribution is -2.30. The zero-order valence-corrected chi connectivity index (χ0v) is 11.4. The second-order valence-electron chi connectivity index (χ2n) is 4.24. The van der Waals surface area contributed by atoms with E-state index in [2.05, 4.69) is 34.8 Å². The van der Waals surface area contributed by atoms with Gasteiger partial charge in [0.05, 0.1) is 13.6 Å². The number of aromatic nitrogens is 2. The van der Waals surface area contributed by atoms with Gasteiger partial charge in [0.2, 0.25) is 6.33 Å². The van der Waals surface area contributed by atoms with Gasteiger partial charge in [0.25, 0.3) is 0 Å². The van der Waals surface area contributed by atoms with Crippen molar-refractivity contribution in [3.63, 3.8) is 0 Å². The molecule has 0 unspecified atom stereocenters. The molecule has 0 aliphatic rings. The molecule has 0 aliphatic heterocycles. The maximum atomic E-state index is 10.1. The number of rotatable bonds is 6. The number of hydrogen-bond donors (Lipinski definition) is 0. The van der Waals surface area contributed by atoms with Gasteiger partial charge in [0, 0.05) is 12.4 Å². The first kappa shape index (κ1) is 16.4. The normalized spacial score (nSPS) is 9.50. The standard InChI is InChI=1S/C8H15N2.C5H8O3/c1-3-4-5-10-7-6-9(2)8-10;1-4(6)2-3-5(7)8/h6-8H,3-5H2,1-2H3;2-3H2,1H3,(H,7,8)/q+1;/p-1. The summed E-state index contributed by atoms with van der Waals surface area (Å²) in [6.45, 7) is 4.71. The van der Waals surface area contributed by atoms with Gasteiger partial charge in [-0.3, -0.25) is 0 Å². The molecule has 18 heavy (non-hydrogen) atoms. The van der Waals surface area contributed by atoms with Crippen LogP contribution in [-0.2, 0) is 23.2 Å². The molecular formula is C13H22N2O3. The first-order valence-electron chi connectivity index (χ1n) is 6.16. The predicted octanol–water partition coefficient (Wildman–Crippen LogP) is 0.218. The van der Waals surface area contributed by atoms with Crippen LogP contribution in [0.15, 0.2) is 18.7 Å². The monoisotopic (exact) mass is 254 g/mol. The highest BCUT2D eigenvalue weighted by atomic mass is 16.4. The molecule has 1 aromatic rings. The number of Topliss-reactive ketones (excluding diaryl/α,β-unsaturated/α-hetero) is 1. The van der Waals surface area contributed by atoms with Crippen LogP contribution in [0.25, 0.3) is 0 Å². The van der Waals surface area contributed by atoms with E-state index in [0.717, 1.165) is 6.54 Å². The second kappa shape index (κ2) is 9.39. The van der Waals surface area contributed by atoms with Crippen molar-refractivity contribution in [2.45, 2.75) is 46.1 Å². The lowest BCUT2D eigenvalue weighted by Gasteiger charge is -1.95. The quantitative estimate of drug-likeness (QED) is 0.682. The van der Waals surface area contributed by atoms with Gasteiger partial charge >= 0.3 is 0 Å². The summed E-state index contributed by atoms with van der Waals surface area (Å²) in [5.41, 5.74) is 0. The fraction of sp³-hybridized carbons (Fsp3) is 0.615. The van der Waals surface area contributed by atoms with E-state index in [-0.39, 0.29) is 18.6 Å². The minimum Gasteiger partial charge on any atom is -0.550 e. The van der Waals surface area contributed by atoms with E-state index in [1.54, 1.807) is 0 Å². The van der Waals surface area contributed by atoms with Crippen LogP contribution in [0, 0.1) is 0 Å². The summed E-state index contributed by atoms with van der Waals surface area (Å²) in [6.07, 6.45) is 8.75. The van der Waals surface area contributed by atoms with Crippen molar-refractivity contribution in [1.82, 2.24) is 4.57 Å². The minimum absolute atomic E-state index is 0.0856. The van der Waals surface area contributed by atoms with Crippen molar-refractivity contribution < 1.29 is 19.3 Å². The Bertz CT molecular complexity index is 358. The third-order valence-corrected chi connectivity index (χ3v) is 2.27. The number of aliphatic carboxylic acids is 1. The van der Waals surface area contributed by atoms with E-state index in [9.17, 15) is 14.7 Å². The van der Waals surface area contributed by atoms with Crippen molar-refractivity contribution in [1.29, 1.82) is 0 Å². The third kappa shape index (κ3) is 9.57. The summed E-state index contributed by atoms with van der Waals surface area (Å²) in [5.74, 6) is -1.28. The molecule has 5 nitrogen and oxygen atoms in total. The second-order valence-corrected chi connectivity index (χ2v) is 4.24. The number of carbonyl (C=O) groups excluding carboxylic acids is 2. The van der Waals surface area contributed by atoms with Gasteiger partial charge in [-0.1, -0.05) is 13.3 Å².